The van der Waals surface area contributed by atoms with E-state index in [-0.39, 0.29) is 12.5 Å². The molecule has 1 atom stereocenters. The van der Waals surface area contributed by atoms with Gasteiger partial charge in [0, 0.05) is 10.4 Å². The third kappa shape index (κ3) is 3.77. The van der Waals surface area contributed by atoms with E-state index in [9.17, 15) is 4.79 Å². The lowest BCUT2D eigenvalue weighted by Crippen LogP contribution is -2.43. The van der Waals surface area contributed by atoms with Gasteiger partial charge in [-0.3, -0.25) is 4.79 Å². The fourth-order valence-electron chi connectivity index (χ4n) is 2.77. The Morgan fingerprint density at radius 2 is 1.96 bits per heavy atom. The van der Waals surface area contributed by atoms with Gasteiger partial charge in [-0.05, 0) is 25.1 Å². The van der Waals surface area contributed by atoms with Crippen molar-refractivity contribution in [3.05, 3.63) is 64.1 Å². The number of para-hydroxylation sites is 2. The largest absolute Gasteiger partial charge is 0.485 e. The average molecular weight is 401 g/mol. The Morgan fingerprint density at radius 3 is 2.78 bits per heavy atom. The monoisotopic (exact) mass is 400 g/mol. The van der Waals surface area contributed by atoms with E-state index < -0.39 is 6.10 Å². The molecule has 0 saturated heterocycles. The van der Waals surface area contributed by atoms with E-state index in [4.69, 9.17) is 21.1 Å². The maximum absolute atomic E-state index is 12.5. The van der Waals surface area contributed by atoms with Crippen LogP contribution >= 0.6 is 22.9 Å². The second-order valence-corrected chi connectivity index (χ2v) is 7.58. The van der Waals surface area contributed by atoms with Crippen molar-refractivity contribution in [3.8, 4) is 22.1 Å². The standard InChI is InChI=1S/C20H17ClN2O3S/c1-12-18(27-20(23-12)13-6-2-3-7-14(13)21)10-22-19(24)17-11-25-15-8-4-5-9-16(15)26-17/h2-9,17H,10-11H2,1H3,(H,22,24). The molecule has 0 bridgehead atoms. The quantitative estimate of drug-likeness (QED) is 0.712. The van der Waals surface area contributed by atoms with Crippen LogP contribution in [0, 0.1) is 6.92 Å². The number of aryl methyl sites for hydroxylation is 1. The Hall–Kier alpha value is -2.57. The van der Waals surface area contributed by atoms with Crippen LogP contribution in [0.2, 0.25) is 5.02 Å². The van der Waals surface area contributed by atoms with Crippen molar-refractivity contribution in [2.75, 3.05) is 6.61 Å². The van der Waals surface area contributed by atoms with Crippen LogP contribution < -0.4 is 14.8 Å². The molecule has 0 radical (unpaired) electrons. The summed E-state index contributed by atoms with van der Waals surface area (Å²) in [5.74, 6) is 1.03. The second kappa shape index (κ2) is 7.58. The van der Waals surface area contributed by atoms with Crippen molar-refractivity contribution in [1.29, 1.82) is 0 Å². The maximum atomic E-state index is 12.5. The van der Waals surface area contributed by atoms with Crippen molar-refractivity contribution >= 4 is 28.8 Å². The molecule has 1 aliphatic rings. The molecule has 0 aliphatic carbocycles. The molecule has 1 unspecified atom stereocenters. The molecule has 1 aliphatic heterocycles. The summed E-state index contributed by atoms with van der Waals surface area (Å²) in [5.41, 5.74) is 1.77. The van der Waals surface area contributed by atoms with Crippen LogP contribution in [0.25, 0.3) is 10.6 Å². The molecule has 4 rings (SSSR count). The summed E-state index contributed by atoms with van der Waals surface area (Å²) in [6, 6.07) is 14.9. The summed E-state index contributed by atoms with van der Waals surface area (Å²) in [7, 11) is 0. The number of aromatic nitrogens is 1. The van der Waals surface area contributed by atoms with Crippen LogP contribution in [0.1, 0.15) is 10.6 Å². The number of amides is 1. The Labute approximate surface area is 165 Å². The third-order valence-electron chi connectivity index (χ3n) is 4.22. The molecule has 7 heteroatoms. The Bertz CT molecular complexity index is 989. The lowest BCUT2D eigenvalue weighted by Gasteiger charge is -2.25. The number of thiazole rings is 1. The van der Waals surface area contributed by atoms with E-state index in [1.807, 2.05) is 49.4 Å². The number of fused-ring (bicyclic) bond motifs is 1. The van der Waals surface area contributed by atoms with Crippen LogP contribution in [0.5, 0.6) is 11.5 Å². The molecule has 27 heavy (non-hydrogen) atoms. The van der Waals surface area contributed by atoms with Crippen LogP contribution in [0.4, 0.5) is 0 Å². The summed E-state index contributed by atoms with van der Waals surface area (Å²) in [6.45, 7) is 2.50. The smallest absolute Gasteiger partial charge is 0.264 e. The first-order chi connectivity index (χ1) is 13.1. The van der Waals surface area contributed by atoms with Gasteiger partial charge in [0.15, 0.2) is 11.5 Å². The van der Waals surface area contributed by atoms with Crippen LogP contribution in [0.15, 0.2) is 48.5 Å². The highest BCUT2D eigenvalue weighted by molar-refractivity contribution is 7.15. The minimum absolute atomic E-state index is 0.190. The van der Waals surface area contributed by atoms with Gasteiger partial charge >= 0.3 is 0 Å². The summed E-state index contributed by atoms with van der Waals surface area (Å²) in [5, 5.41) is 4.41. The molecule has 2 heterocycles. The van der Waals surface area contributed by atoms with Gasteiger partial charge in [0.2, 0.25) is 6.10 Å². The zero-order valence-corrected chi connectivity index (χ0v) is 16.1. The van der Waals surface area contributed by atoms with Crippen molar-refractivity contribution in [3.63, 3.8) is 0 Å². The SMILES string of the molecule is Cc1nc(-c2ccccc2Cl)sc1CNC(=O)C1COc2ccccc2O1. The molecule has 3 aromatic rings. The molecule has 0 saturated carbocycles. The number of nitrogens with zero attached hydrogens (tertiary/aromatic N) is 1. The molecule has 0 spiro atoms. The molecule has 1 aromatic heterocycles. The molecule has 5 nitrogen and oxygen atoms in total. The van der Waals surface area contributed by atoms with Crippen LogP contribution in [-0.4, -0.2) is 23.6 Å². The van der Waals surface area contributed by atoms with E-state index in [0.717, 1.165) is 21.1 Å². The number of nitrogens with one attached hydrogen (secondary N) is 1. The fraction of sp³-hybridized carbons (Fsp3) is 0.200. The lowest BCUT2D eigenvalue weighted by atomic mass is 10.2. The van der Waals surface area contributed by atoms with E-state index in [0.29, 0.717) is 23.1 Å². The first kappa shape index (κ1) is 17.8. The topological polar surface area (TPSA) is 60.5 Å². The summed E-state index contributed by atoms with van der Waals surface area (Å²) >= 11 is 7.78. The van der Waals surface area contributed by atoms with Gasteiger partial charge in [-0.25, -0.2) is 4.98 Å². The lowest BCUT2D eigenvalue weighted by molar-refractivity contribution is -0.130. The highest BCUT2D eigenvalue weighted by atomic mass is 35.5. The highest BCUT2D eigenvalue weighted by Crippen LogP contribution is 2.33. The van der Waals surface area contributed by atoms with Crippen molar-refractivity contribution < 1.29 is 14.3 Å². The van der Waals surface area contributed by atoms with Gasteiger partial charge < -0.3 is 14.8 Å². The van der Waals surface area contributed by atoms with Gasteiger partial charge in [0.1, 0.15) is 11.6 Å². The summed E-state index contributed by atoms with van der Waals surface area (Å²) < 4.78 is 11.3. The normalized spacial score (nSPS) is 15.4. The molecule has 2 aromatic carbocycles. The Morgan fingerprint density at radius 1 is 1.22 bits per heavy atom. The number of carbonyl (C=O) groups excluding carboxylic acids is 1. The average Bonchev–Trinajstić information content (AvgIpc) is 3.06. The van der Waals surface area contributed by atoms with Crippen molar-refractivity contribution in [2.24, 2.45) is 0 Å². The highest BCUT2D eigenvalue weighted by Gasteiger charge is 2.27. The number of hydrogen-bond acceptors (Lipinski definition) is 5. The van der Waals surface area contributed by atoms with Crippen molar-refractivity contribution in [1.82, 2.24) is 10.3 Å². The van der Waals surface area contributed by atoms with E-state index in [1.54, 1.807) is 6.07 Å². The van der Waals surface area contributed by atoms with Gasteiger partial charge in [0.05, 0.1) is 17.3 Å². The van der Waals surface area contributed by atoms with Gasteiger partial charge in [-0.1, -0.05) is 41.9 Å². The van der Waals surface area contributed by atoms with Gasteiger partial charge in [0.25, 0.3) is 5.91 Å². The zero-order chi connectivity index (χ0) is 18.8. The van der Waals surface area contributed by atoms with E-state index >= 15 is 0 Å². The van der Waals surface area contributed by atoms with Crippen LogP contribution in [0.3, 0.4) is 0 Å². The van der Waals surface area contributed by atoms with Crippen molar-refractivity contribution in [2.45, 2.75) is 19.6 Å². The summed E-state index contributed by atoms with van der Waals surface area (Å²) in [4.78, 5) is 18.0. The summed E-state index contributed by atoms with van der Waals surface area (Å²) in [6.07, 6.45) is -0.670. The number of hydrogen-bond donors (Lipinski definition) is 1. The zero-order valence-electron chi connectivity index (χ0n) is 14.6. The molecule has 138 valence electrons. The molecular weight excluding hydrogens is 384 g/mol. The predicted molar refractivity (Wildman–Crippen MR) is 105 cm³/mol. The number of halogens is 1. The Kier molecular flexibility index (Phi) is 5.01. The van der Waals surface area contributed by atoms with Crippen LogP contribution in [-0.2, 0) is 11.3 Å². The molecule has 0 fully saturated rings. The first-order valence-corrected chi connectivity index (χ1v) is 9.68. The number of benzene rings is 2. The molecule has 1 N–H and O–H groups in total. The minimum Gasteiger partial charge on any atom is -0.485 e. The fourth-order valence-corrected chi connectivity index (χ4v) is 4.09. The first-order valence-electron chi connectivity index (χ1n) is 8.49. The number of ether oxygens (including phenoxy) is 2. The number of carbonyl (C=O) groups is 1. The molecule has 1 amide bonds. The van der Waals surface area contributed by atoms with E-state index in [2.05, 4.69) is 10.3 Å². The number of rotatable bonds is 4. The predicted octanol–water partition coefficient (Wildman–Crippen LogP) is 4.23. The van der Waals surface area contributed by atoms with E-state index in [1.165, 1.54) is 11.3 Å². The maximum Gasteiger partial charge on any atom is 0.264 e. The van der Waals surface area contributed by atoms with Gasteiger partial charge in [-0.2, -0.15) is 0 Å². The third-order valence-corrected chi connectivity index (χ3v) is 5.74. The second-order valence-electron chi connectivity index (χ2n) is 6.09. The minimum atomic E-state index is -0.670. The van der Waals surface area contributed by atoms with Gasteiger partial charge in [-0.15, -0.1) is 11.3 Å². The Balaban J connectivity index is 1.42. The molecular formula is C20H17ClN2O3S.